The number of phenolic OH excluding ortho intramolecular Hbond substituents is 1. The van der Waals surface area contributed by atoms with E-state index in [0.29, 0.717) is 31.6 Å². The topological polar surface area (TPSA) is 82.1 Å². The molecule has 2 N–H and O–H groups in total. The molecule has 0 fully saturated rings. The summed E-state index contributed by atoms with van der Waals surface area (Å²) in [5, 5.41) is 12.8. The molecule has 0 bridgehead atoms. The van der Waals surface area contributed by atoms with E-state index >= 15 is 0 Å². The third-order valence-electron chi connectivity index (χ3n) is 5.23. The van der Waals surface area contributed by atoms with E-state index in [-0.39, 0.29) is 11.7 Å². The largest absolute Gasteiger partial charge is 0.508 e. The van der Waals surface area contributed by atoms with Gasteiger partial charge in [0, 0.05) is 31.7 Å². The number of carbonyl (C=O) groups excluding carboxylic acids is 2. The highest BCUT2D eigenvalue weighted by molar-refractivity contribution is 5.88. The first-order valence-electron chi connectivity index (χ1n) is 10.8. The van der Waals surface area contributed by atoms with Crippen molar-refractivity contribution in [2.75, 3.05) is 19.6 Å². The lowest BCUT2D eigenvalue weighted by Gasteiger charge is -2.37. The van der Waals surface area contributed by atoms with E-state index in [2.05, 4.69) is 37.9 Å². The molecular formula is C23H37N3O4. The first-order chi connectivity index (χ1) is 13.9. The van der Waals surface area contributed by atoms with Gasteiger partial charge >= 0.3 is 6.09 Å². The summed E-state index contributed by atoms with van der Waals surface area (Å²) in [6.07, 6.45) is 0.0497. The van der Waals surface area contributed by atoms with Crippen molar-refractivity contribution in [2.45, 2.75) is 78.6 Å². The number of aromatic hydroxyl groups is 1. The molecule has 1 aromatic carbocycles. The van der Waals surface area contributed by atoms with Crippen LogP contribution in [0.3, 0.4) is 0 Å². The lowest BCUT2D eigenvalue weighted by Crippen LogP contribution is -2.50. The number of phenols is 1. The van der Waals surface area contributed by atoms with Gasteiger partial charge in [-0.3, -0.25) is 14.6 Å². The number of hydrogen-bond donors (Lipinski definition) is 2. The molecule has 2 rings (SSSR count). The summed E-state index contributed by atoms with van der Waals surface area (Å²) < 4.78 is 5.55. The predicted octanol–water partition coefficient (Wildman–Crippen LogP) is 3.46. The Morgan fingerprint density at radius 2 is 1.87 bits per heavy atom. The minimum absolute atomic E-state index is 0.156. The van der Waals surface area contributed by atoms with Crippen molar-refractivity contribution in [3.8, 4) is 5.75 Å². The minimum atomic E-state index is -0.782. The zero-order valence-corrected chi connectivity index (χ0v) is 19.4. The van der Waals surface area contributed by atoms with Gasteiger partial charge < -0.3 is 15.2 Å². The van der Waals surface area contributed by atoms with Gasteiger partial charge in [0.15, 0.2) is 0 Å². The van der Waals surface area contributed by atoms with Crippen molar-refractivity contribution in [3.05, 3.63) is 29.3 Å². The molecule has 0 spiro atoms. The maximum absolute atomic E-state index is 13.2. The monoisotopic (exact) mass is 419 g/mol. The molecule has 1 atom stereocenters. The molecule has 0 saturated carbocycles. The molecule has 1 aliphatic heterocycles. The van der Waals surface area contributed by atoms with E-state index in [4.69, 9.17) is 4.74 Å². The second-order valence-electron chi connectivity index (χ2n) is 9.43. The van der Waals surface area contributed by atoms with Gasteiger partial charge in [0.2, 0.25) is 5.91 Å². The summed E-state index contributed by atoms with van der Waals surface area (Å²) in [6.45, 7) is 15.5. The van der Waals surface area contributed by atoms with E-state index in [0.717, 1.165) is 17.7 Å². The van der Waals surface area contributed by atoms with Crippen LogP contribution in [-0.2, 0) is 16.0 Å². The zero-order valence-electron chi connectivity index (χ0n) is 19.4. The highest BCUT2D eigenvalue weighted by Gasteiger charge is 2.38. The number of fused-ring (bicyclic) bond motifs is 1. The summed E-state index contributed by atoms with van der Waals surface area (Å²) in [5.41, 5.74) is 0.954. The molecular weight excluding hydrogens is 382 g/mol. The van der Waals surface area contributed by atoms with E-state index < -0.39 is 17.7 Å². The van der Waals surface area contributed by atoms with Crippen molar-refractivity contribution < 1.29 is 19.4 Å². The Labute approximate surface area is 180 Å². The van der Waals surface area contributed by atoms with Crippen LogP contribution in [0.5, 0.6) is 5.75 Å². The van der Waals surface area contributed by atoms with E-state index in [1.54, 1.807) is 18.2 Å². The predicted molar refractivity (Wildman–Crippen MR) is 117 cm³/mol. The number of amides is 2. The fourth-order valence-electron chi connectivity index (χ4n) is 3.93. The van der Waals surface area contributed by atoms with Crippen LogP contribution in [0, 0.1) is 0 Å². The molecule has 7 heteroatoms. The van der Waals surface area contributed by atoms with Crippen molar-refractivity contribution in [3.63, 3.8) is 0 Å². The summed E-state index contributed by atoms with van der Waals surface area (Å²) in [6, 6.07) is 4.91. The smallest absolute Gasteiger partial charge is 0.411 e. The van der Waals surface area contributed by atoms with Crippen molar-refractivity contribution in [1.82, 2.24) is 15.1 Å². The first-order valence-corrected chi connectivity index (χ1v) is 10.8. The van der Waals surface area contributed by atoms with Gasteiger partial charge in [-0.1, -0.05) is 6.07 Å². The Kier molecular flexibility index (Phi) is 7.75. The molecule has 0 aliphatic carbocycles. The molecule has 1 heterocycles. The highest BCUT2D eigenvalue weighted by Crippen LogP contribution is 2.33. The van der Waals surface area contributed by atoms with Gasteiger partial charge in [0.05, 0.1) is 0 Å². The van der Waals surface area contributed by atoms with Crippen LogP contribution in [0.1, 0.15) is 65.6 Å². The van der Waals surface area contributed by atoms with Gasteiger partial charge in [-0.2, -0.15) is 0 Å². The number of carbonyl (C=O) groups is 2. The molecule has 30 heavy (non-hydrogen) atoms. The maximum atomic E-state index is 13.2. The number of rotatable bonds is 6. The van der Waals surface area contributed by atoms with Gasteiger partial charge in [-0.15, -0.1) is 0 Å². The second kappa shape index (κ2) is 9.69. The number of ether oxygens (including phenoxy) is 1. The minimum Gasteiger partial charge on any atom is -0.508 e. The normalized spacial score (nSPS) is 16.7. The third-order valence-corrected chi connectivity index (χ3v) is 5.23. The quantitative estimate of drug-likeness (QED) is 0.738. The van der Waals surface area contributed by atoms with Gasteiger partial charge in [0.25, 0.3) is 0 Å². The fraction of sp³-hybridized carbons (Fsp3) is 0.652. The van der Waals surface area contributed by atoms with E-state index in [1.807, 2.05) is 20.8 Å². The fourth-order valence-corrected chi connectivity index (χ4v) is 3.93. The average Bonchev–Trinajstić information content (AvgIpc) is 2.61. The number of nitrogens with one attached hydrogen (secondary N) is 1. The molecule has 1 aliphatic rings. The van der Waals surface area contributed by atoms with Crippen molar-refractivity contribution in [2.24, 2.45) is 0 Å². The Hall–Kier alpha value is -2.28. The van der Waals surface area contributed by atoms with Crippen molar-refractivity contribution in [1.29, 1.82) is 0 Å². The Morgan fingerprint density at radius 3 is 2.43 bits per heavy atom. The molecule has 0 saturated heterocycles. The summed E-state index contributed by atoms with van der Waals surface area (Å²) >= 11 is 0. The summed E-state index contributed by atoms with van der Waals surface area (Å²) in [4.78, 5) is 29.8. The first kappa shape index (κ1) is 24.0. The molecule has 1 unspecified atom stereocenters. The van der Waals surface area contributed by atoms with Crippen LogP contribution < -0.4 is 5.32 Å². The number of nitrogens with zero attached hydrogens (tertiary/aromatic N) is 2. The standard InChI is InChI=1S/C23H37N3O4/c1-15(2)25(16(3)4)13-11-24-21(28)20-19-9-8-18(27)14-17(19)10-12-26(20)22(29)30-23(5,6)7/h8-9,14-16,20,27H,10-13H2,1-7H3,(H,24,28). The average molecular weight is 420 g/mol. The SMILES string of the molecule is CC(C)N(CCNC(=O)C1c2ccc(O)cc2CCN1C(=O)OC(C)(C)C)C(C)C. The van der Waals surface area contributed by atoms with Crippen LogP contribution >= 0.6 is 0 Å². The van der Waals surface area contributed by atoms with Gasteiger partial charge in [-0.25, -0.2) is 4.79 Å². The van der Waals surface area contributed by atoms with Crippen LogP contribution in [0.2, 0.25) is 0 Å². The Bertz CT molecular complexity index is 747. The summed E-state index contributed by atoms with van der Waals surface area (Å²) in [5.74, 6) is -0.0805. The Balaban J connectivity index is 2.21. The maximum Gasteiger partial charge on any atom is 0.411 e. The second-order valence-corrected chi connectivity index (χ2v) is 9.43. The van der Waals surface area contributed by atoms with Gasteiger partial charge in [-0.05, 0) is 78.1 Å². The molecule has 0 aromatic heterocycles. The lowest BCUT2D eigenvalue weighted by molar-refractivity contribution is -0.127. The van der Waals surface area contributed by atoms with Crippen LogP contribution in [0.15, 0.2) is 18.2 Å². The highest BCUT2D eigenvalue weighted by atomic mass is 16.6. The van der Waals surface area contributed by atoms with Crippen LogP contribution in [0.4, 0.5) is 4.79 Å². The third kappa shape index (κ3) is 6.11. The molecule has 168 valence electrons. The molecule has 2 amide bonds. The number of hydrogen-bond acceptors (Lipinski definition) is 5. The summed E-state index contributed by atoms with van der Waals surface area (Å²) in [7, 11) is 0. The molecule has 1 aromatic rings. The van der Waals surface area contributed by atoms with Crippen LogP contribution in [-0.4, -0.2) is 64.2 Å². The Morgan fingerprint density at radius 1 is 1.23 bits per heavy atom. The zero-order chi connectivity index (χ0) is 22.6. The molecule has 0 radical (unpaired) electrons. The lowest BCUT2D eigenvalue weighted by atomic mass is 9.92. The van der Waals surface area contributed by atoms with E-state index in [1.165, 1.54) is 4.90 Å². The van der Waals surface area contributed by atoms with Crippen LogP contribution in [0.25, 0.3) is 0 Å². The van der Waals surface area contributed by atoms with Gasteiger partial charge in [0.1, 0.15) is 17.4 Å². The van der Waals surface area contributed by atoms with E-state index in [9.17, 15) is 14.7 Å². The number of benzene rings is 1. The van der Waals surface area contributed by atoms with Crippen molar-refractivity contribution >= 4 is 12.0 Å². The molecule has 7 nitrogen and oxygen atoms in total.